The number of nitrogens with one attached hydrogen (secondary N) is 1. The standard InChI is InChI=1S/C21H17F2N5O/c1-11-9-28-10-12(4-17(23)21(28)25-11)14-6-20(29)15(5-16(14)22)19-3-2-18(26-27-19)13-7-24-8-13/h2-6,9-10,13,24,29H,7-8H2,1H3. The van der Waals surface area contributed by atoms with Crippen molar-refractivity contribution in [2.24, 2.45) is 0 Å². The molecule has 0 saturated carbocycles. The first-order chi connectivity index (χ1) is 14.0. The zero-order valence-electron chi connectivity index (χ0n) is 15.5. The van der Waals surface area contributed by atoms with Crippen LogP contribution in [0.25, 0.3) is 28.0 Å². The Morgan fingerprint density at radius 3 is 2.55 bits per heavy atom. The quantitative estimate of drug-likeness (QED) is 0.558. The first-order valence-corrected chi connectivity index (χ1v) is 9.22. The molecule has 4 aromatic rings. The number of aromatic nitrogens is 4. The van der Waals surface area contributed by atoms with E-state index in [0.717, 1.165) is 18.8 Å². The van der Waals surface area contributed by atoms with Gasteiger partial charge in [0.25, 0.3) is 0 Å². The van der Waals surface area contributed by atoms with Gasteiger partial charge in [-0.2, -0.15) is 10.2 Å². The van der Waals surface area contributed by atoms with Crippen molar-refractivity contribution in [2.75, 3.05) is 13.1 Å². The maximum Gasteiger partial charge on any atom is 0.173 e. The van der Waals surface area contributed by atoms with Crippen molar-refractivity contribution in [2.45, 2.75) is 12.8 Å². The van der Waals surface area contributed by atoms with Gasteiger partial charge in [-0.05, 0) is 37.3 Å². The molecule has 1 aliphatic rings. The van der Waals surface area contributed by atoms with Gasteiger partial charge in [0.2, 0.25) is 0 Å². The molecule has 1 saturated heterocycles. The summed E-state index contributed by atoms with van der Waals surface area (Å²) in [6.45, 7) is 3.47. The topological polar surface area (TPSA) is 75.3 Å². The second kappa shape index (κ2) is 6.59. The van der Waals surface area contributed by atoms with Crippen molar-refractivity contribution >= 4 is 5.65 Å². The molecule has 0 aliphatic carbocycles. The van der Waals surface area contributed by atoms with E-state index in [1.807, 2.05) is 6.07 Å². The van der Waals surface area contributed by atoms with Gasteiger partial charge in [0, 0.05) is 48.1 Å². The van der Waals surface area contributed by atoms with Crippen molar-refractivity contribution < 1.29 is 13.9 Å². The number of imidazole rings is 1. The Labute approximate surface area is 164 Å². The molecule has 6 nitrogen and oxygen atoms in total. The Balaban J connectivity index is 1.54. The third kappa shape index (κ3) is 3.01. The highest BCUT2D eigenvalue weighted by Crippen LogP contribution is 2.35. The summed E-state index contributed by atoms with van der Waals surface area (Å²) in [6.07, 6.45) is 3.24. The minimum Gasteiger partial charge on any atom is -0.507 e. The number of benzene rings is 1. The van der Waals surface area contributed by atoms with Gasteiger partial charge in [-0.3, -0.25) is 0 Å². The lowest BCUT2D eigenvalue weighted by molar-refractivity contribution is 0.436. The number of phenolic OH excluding ortho intramolecular Hbond substituents is 1. The molecular weight excluding hydrogens is 376 g/mol. The Morgan fingerprint density at radius 1 is 1.03 bits per heavy atom. The smallest absolute Gasteiger partial charge is 0.173 e. The van der Waals surface area contributed by atoms with E-state index >= 15 is 0 Å². The number of fused-ring (bicyclic) bond motifs is 1. The van der Waals surface area contributed by atoms with Crippen molar-refractivity contribution in [3.05, 3.63) is 65.7 Å². The first-order valence-electron chi connectivity index (χ1n) is 9.22. The van der Waals surface area contributed by atoms with E-state index in [0.29, 0.717) is 22.9 Å². The van der Waals surface area contributed by atoms with E-state index in [1.54, 1.807) is 25.4 Å². The molecule has 1 aliphatic heterocycles. The summed E-state index contributed by atoms with van der Waals surface area (Å²) in [7, 11) is 0. The Kier molecular flexibility index (Phi) is 4.02. The van der Waals surface area contributed by atoms with E-state index < -0.39 is 11.6 Å². The Hall–Kier alpha value is -3.39. The van der Waals surface area contributed by atoms with Crippen LogP contribution in [-0.2, 0) is 0 Å². The SMILES string of the molecule is Cc1cn2cc(-c3cc(O)c(-c4ccc(C5CNC5)nn4)cc3F)cc(F)c2n1. The molecule has 5 rings (SSSR count). The zero-order valence-corrected chi connectivity index (χ0v) is 15.5. The summed E-state index contributed by atoms with van der Waals surface area (Å²) >= 11 is 0. The normalized spacial score (nSPS) is 14.3. The van der Waals surface area contributed by atoms with Gasteiger partial charge in [0.1, 0.15) is 11.6 Å². The second-order valence-electron chi connectivity index (χ2n) is 7.24. The van der Waals surface area contributed by atoms with Crippen molar-refractivity contribution in [3.8, 4) is 28.1 Å². The molecule has 0 atom stereocenters. The van der Waals surface area contributed by atoms with E-state index in [4.69, 9.17) is 0 Å². The lowest BCUT2D eigenvalue weighted by Gasteiger charge is -2.25. The van der Waals surface area contributed by atoms with Gasteiger partial charge in [0.15, 0.2) is 11.5 Å². The third-order valence-corrected chi connectivity index (χ3v) is 5.18. The molecule has 1 fully saturated rings. The summed E-state index contributed by atoms with van der Waals surface area (Å²) in [5.41, 5.74) is 2.68. The number of nitrogens with zero attached hydrogens (tertiary/aromatic N) is 4. The molecule has 0 radical (unpaired) electrons. The predicted octanol–water partition coefficient (Wildman–Crippen LogP) is 3.44. The van der Waals surface area contributed by atoms with E-state index in [2.05, 4.69) is 20.5 Å². The number of phenols is 1. The fourth-order valence-corrected chi connectivity index (χ4v) is 3.52. The van der Waals surface area contributed by atoms with Gasteiger partial charge in [-0.25, -0.2) is 13.8 Å². The minimum absolute atomic E-state index is 0.0866. The highest BCUT2D eigenvalue weighted by molar-refractivity contribution is 5.75. The third-order valence-electron chi connectivity index (χ3n) is 5.18. The Morgan fingerprint density at radius 2 is 1.86 bits per heavy atom. The molecule has 2 N–H and O–H groups in total. The van der Waals surface area contributed by atoms with Crippen LogP contribution in [0.4, 0.5) is 8.78 Å². The van der Waals surface area contributed by atoms with E-state index in [-0.39, 0.29) is 22.5 Å². The lowest BCUT2D eigenvalue weighted by atomic mass is 9.98. The summed E-state index contributed by atoms with van der Waals surface area (Å²) < 4.78 is 30.8. The van der Waals surface area contributed by atoms with Gasteiger partial charge < -0.3 is 14.8 Å². The molecule has 0 amide bonds. The molecule has 1 aromatic carbocycles. The van der Waals surface area contributed by atoms with Gasteiger partial charge in [-0.15, -0.1) is 0 Å². The minimum atomic E-state index is -0.595. The fraction of sp³-hybridized carbons (Fsp3) is 0.190. The number of pyridine rings is 1. The molecule has 0 unspecified atom stereocenters. The number of halogens is 2. The average molecular weight is 393 g/mol. The van der Waals surface area contributed by atoms with Crippen LogP contribution in [0.5, 0.6) is 5.75 Å². The largest absolute Gasteiger partial charge is 0.507 e. The van der Waals surface area contributed by atoms with Gasteiger partial charge in [-0.1, -0.05) is 0 Å². The molecule has 0 spiro atoms. The van der Waals surface area contributed by atoms with E-state index in [9.17, 15) is 13.9 Å². The maximum absolute atomic E-state index is 14.9. The summed E-state index contributed by atoms with van der Waals surface area (Å²) in [4.78, 5) is 4.10. The molecule has 0 bridgehead atoms. The van der Waals surface area contributed by atoms with Gasteiger partial charge >= 0.3 is 0 Å². The van der Waals surface area contributed by atoms with Crippen LogP contribution in [-0.4, -0.2) is 37.8 Å². The van der Waals surface area contributed by atoms with Crippen molar-refractivity contribution in [1.29, 1.82) is 0 Å². The Bertz CT molecular complexity index is 1230. The van der Waals surface area contributed by atoms with Crippen LogP contribution in [0, 0.1) is 18.6 Å². The van der Waals surface area contributed by atoms with Gasteiger partial charge in [0.05, 0.1) is 17.1 Å². The highest BCUT2D eigenvalue weighted by atomic mass is 19.1. The van der Waals surface area contributed by atoms with Crippen LogP contribution in [0.15, 0.2) is 42.7 Å². The average Bonchev–Trinajstić information content (AvgIpc) is 3.03. The monoisotopic (exact) mass is 393 g/mol. The summed E-state index contributed by atoms with van der Waals surface area (Å²) in [6, 6.07) is 7.24. The molecule has 8 heteroatoms. The van der Waals surface area contributed by atoms with E-state index in [1.165, 1.54) is 22.6 Å². The highest BCUT2D eigenvalue weighted by Gasteiger charge is 2.21. The first kappa shape index (κ1) is 17.7. The number of rotatable bonds is 3. The lowest BCUT2D eigenvalue weighted by Crippen LogP contribution is -2.40. The molecule has 4 heterocycles. The van der Waals surface area contributed by atoms with Crippen LogP contribution >= 0.6 is 0 Å². The van der Waals surface area contributed by atoms with Crippen LogP contribution in [0.2, 0.25) is 0 Å². The number of aromatic hydroxyl groups is 1. The number of hydrogen-bond acceptors (Lipinski definition) is 5. The fourth-order valence-electron chi connectivity index (χ4n) is 3.52. The predicted molar refractivity (Wildman–Crippen MR) is 104 cm³/mol. The number of hydrogen-bond donors (Lipinski definition) is 2. The molecule has 3 aromatic heterocycles. The van der Waals surface area contributed by atoms with Crippen LogP contribution in [0.3, 0.4) is 0 Å². The summed E-state index contributed by atoms with van der Waals surface area (Å²) in [5, 5.41) is 22.0. The summed E-state index contributed by atoms with van der Waals surface area (Å²) in [5.74, 6) is -0.982. The maximum atomic E-state index is 14.9. The zero-order chi connectivity index (χ0) is 20.1. The second-order valence-corrected chi connectivity index (χ2v) is 7.24. The molecule has 29 heavy (non-hydrogen) atoms. The molecular formula is C21H17F2N5O. The van der Waals surface area contributed by atoms with Crippen LogP contribution < -0.4 is 5.32 Å². The van der Waals surface area contributed by atoms with Crippen molar-refractivity contribution in [1.82, 2.24) is 24.9 Å². The van der Waals surface area contributed by atoms with Crippen molar-refractivity contribution in [3.63, 3.8) is 0 Å². The molecule has 146 valence electrons. The van der Waals surface area contributed by atoms with Crippen LogP contribution in [0.1, 0.15) is 17.3 Å². The number of aryl methyl sites for hydroxylation is 1.